The topological polar surface area (TPSA) is 11.4 Å². The SMILES string of the molecule is CC(C)(C)c1ccc(N2B3c4cc(C(C)(C)C)ccc4-n4c5ccc(C(C)(C)C)cc5c5c6c(c(c3c54)-c3cc4c(cc32)sc2ccc(N(c3ccc(C(C)(C)C)cc3)c3ccc(C(C)(C)C)cc3)cc24)-c2ccccc2C6(C)C)cc1. The van der Waals surface area contributed by atoms with Crippen LogP contribution in [0.2, 0.25) is 0 Å². The minimum atomic E-state index is -0.280. The standard InChI is InChI=1S/C77H78BN3S/c1-72(2,3)45-22-30-50(31-23-45)79(51-32-24-46(25-33-51)73(4,5)6)53-36-39-64-55(42-53)56-43-58-63(44-65(56)82-64)81(52-34-26-47(27-35-52)74(7,8)9)78-60-41-49(76(13,14)15)29-38-62(60)80-61-37-28-48(75(10,11)12)40-57(61)68-69-66(67(58)70(78)71(68)80)54-20-18-19-21-59(54)77(69,16)17/h18-44H,1-17H3. The molecule has 5 heteroatoms. The lowest BCUT2D eigenvalue weighted by atomic mass is 9.43. The van der Waals surface area contributed by atoms with E-state index < -0.39 is 0 Å². The quantitative estimate of drug-likeness (QED) is 0.163. The van der Waals surface area contributed by atoms with E-state index in [1.54, 1.807) is 0 Å². The Bertz CT molecular complexity index is 4420. The summed E-state index contributed by atoms with van der Waals surface area (Å²) < 4.78 is 5.28. The molecule has 0 saturated carbocycles. The number of hydrogen-bond acceptors (Lipinski definition) is 3. The number of rotatable bonds is 4. The zero-order valence-electron chi connectivity index (χ0n) is 51.4. The van der Waals surface area contributed by atoms with Crippen LogP contribution in [0.4, 0.5) is 28.4 Å². The molecular formula is C77H78BN3S. The highest BCUT2D eigenvalue weighted by atomic mass is 32.1. The fourth-order valence-corrected chi connectivity index (χ4v) is 15.4. The van der Waals surface area contributed by atoms with Crippen LogP contribution in [0.1, 0.15) is 157 Å². The third-order valence-electron chi connectivity index (χ3n) is 18.9. The van der Waals surface area contributed by atoms with Crippen molar-refractivity contribution in [2.24, 2.45) is 0 Å². The normalized spacial score (nSPS) is 14.7. The lowest BCUT2D eigenvalue weighted by Gasteiger charge is -2.43. The van der Waals surface area contributed by atoms with Gasteiger partial charge in [-0.1, -0.05) is 197 Å². The number of fused-ring (bicyclic) bond motifs is 16. The van der Waals surface area contributed by atoms with Gasteiger partial charge in [-0.05, 0) is 179 Å². The van der Waals surface area contributed by atoms with E-state index in [1.807, 2.05) is 11.3 Å². The Labute approximate surface area is 491 Å². The summed E-state index contributed by atoms with van der Waals surface area (Å²) in [7, 11) is 0. The van der Waals surface area contributed by atoms with Gasteiger partial charge in [-0.25, -0.2) is 0 Å². The monoisotopic (exact) mass is 1090 g/mol. The Morgan fingerprint density at radius 2 is 0.963 bits per heavy atom. The Kier molecular flexibility index (Phi) is 11.2. The van der Waals surface area contributed by atoms with Crippen LogP contribution in [0, 0.1) is 0 Å². The third-order valence-corrected chi connectivity index (χ3v) is 20.0. The molecular weight excluding hydrogens is 1010 g/mol. The van der Waals surface area contributed by atoms with Crippen molar-refractivity contribution in [2.75, 3.05) is 9.71 Å². The van der Waals surface area contributed by atoms with Crippen molar-refractivity contribution in [1.29, 1.82) is 0 Å². The number of anilines is 5. The van der Waals surface area contributed by atoms with Gasteiger partial charge < -0.3 is 14.3 Å². The van der Waals surface area contributed by atoms with Crippen molar-refractivity contribution in [3.8, 4) is 27.9 Å². The van der Waals surface area contributed by atoms with Gasteiger partial charge in [0.05, 0.1) is 11.0 Å². The maximum Gasteiger partial charge on any atom is 0.333 e. The van der Waals surface area contributed by atoms with E-state index in [4.69, 9.17) is 0 Å². The molecule has 410 valence electrons. The number of hydrogen-bond donors (Lipinski definition) is 0. The maximum atomic E-state index is 2.76. The molecule has 3 aliphatic rings. The van der Waals surface area contributed by atoms with Gasteiger partial charge in [0, 0.05) is 76.0 Å². The minimum absolute atomic E-state index is 0.00711. The van der Waals surface area contributed by atoms with Gasteiger partial charge in [-0.3, -0.25) is 0 Å². The molecule has 3 nitrogen and oxygen atoms in total. The molecule has 2 aliphatic heterocycles. The molecule has 0 amide bonds. The van der Waals surface area contributed by atoms with Crippen LogP contribution in [0.15, 0.2) is 164 Å². The van der Waals surface area contributed by atoms with Crippen molar-refractivity contribution in [3.63, 3.8) is 0 Å². The molecule has 0 spiro atoms. The van der Waals surface area contributed by atoms with Gasteiger partial charge >= 0.3 is 6.85 Å². The van der Waals surface area contributed by atoms with Gasteiger partial charge in [0.25, 0.3) is 0 Å². The molecule has 1 aliphatic carbocycles. The molecule has 0 bridgehead atoms. The second kappa shape index (κ2) is 17.4. The minimum Gasteiger partial charge on any atom is -0.376 e. The summed E-state index contributed by atoms with van der Waals surface area (Å²) >= 11 is 1.93. The van der Waals surface area contributed by atoms with Crippen LogP contribution in [-0.4, -0.2) is 11.4 Å². The molecule has 0 N–H and O–H groups in total. The van der Waals surface area contributed by atoms with E-state index in [0.29, 0.717) is 0 Å². The number of nitrogens with zero attached hydrogens (tertiary/aromatic N) is 3. The molecule has 0 unspecified atom stereocenters. The average Bonchev–Trinajstić information content (AvgIpc) is 1.47. The van der Waals surface area contributed by atoms with E-state index in [0.717, 1.165) is 17.1 Å². The van der Waals surface area contributed by atoms with Crippen LogP contribution >= 0.6 is 11.3 Å². The fourth-order valence-electron chi connectivity index (χ4n) is 14.3. The number of thiophene rings is 1. The molecule has 4 heterocycles. The average molecular weight is 1090 g/mol. The number of aromatic nitrogens is 1. The molecule has 9 aromatic carbocycles. The summed E-state index contributed by atoms with van der Waals surface area (Å²) in [5, 5.41) is 5.32. The predicted molar refractivity (Wildman–Crippen MR) is 358 cm³/mol. The second-order valence-electron chi connectivity index (χ2n) is 29.9. The molecule has 2 aromatic heterocycles. The first-order valence-electron chi connectivity index (χ1n) is 29.9. The Balaban J connectivity index is 1.12. The van der Waals surface area contributed by atoms with Crippen LogP contribution < -0.4 is 20.6 Å². The van der Waals surface area contributed by atoms with Crippen LogP contribution in [-0.2, 0) is 32.5 Å². The van der Waals surface area contributed by atoms with Crippen molar-refractivity contribution < 1.29 is 0 Å². The molecule has 0 radical (unpaired) electrons. The lowest BCUT2D eigenvalue weighted by Crippen LogP contribution is -2.61. The van der Waals surface area contributed by atoms with E-state index in [2.05, 4.69) is 296 Å². The lowest BCUT2D eigenvalue weighted by molar-refractivity contribution is 0.590. The Morgan fingerprint density at radius 1 is 0.439 bits per heavy atom. The van der Waals surface area contributed by atoms with E-state index in [-0.39, 0.29) is 39.3 Å². The van der Waals surface area contributed by atoms with Gasteiger partial charge in [-0.15, -0.1) is 11.3 Å². The van der Waals surface area contributed by atoms with Gasteiger partial charge in [0.1, 0.15) is 0 Å². The van der Waals surface area contributed by atoms with Crippen molar-refractivity contribution in [2.45, 2.75) is 150 Å². The summed E-state index contributed by atoms with van der Waals surface area (Å²) in [6.07, 6.45) is 0. The van der Waals surface area contributed by atoms with Crippen LogP contribution in [0.3, 0.4) is 0 Å². The molecule has 0 atom stereocenters. The van der Waals surface area contributed by atoms with Crippen molar-refractivity contribution >= 4 is 99.5 Å². The van der Waals surface area contributed by atoms with Crippen LogP contribution in [0.5, 0.6) is 0 Å². The summed E-state index contributed by atoms with van der Waals surface area (Å²) in [4.78, 5) is 5.22. The molecule has 14 rings (SSSR count). The predicted octanol–water partition coefficient (Wildman–Crippen LogP) is 20.7. The largest absolute Gasteiger partial charge is 0.376 e. The summed E-state index contributed by atoms with van der Waals surface area (Å²) in [6.45, 7) is 39.8. The third kappa shape index (κ3) is 7.81. The molecule has 0 fully saturated rings. The first kappa shape index (κ1) is 52.7. The van der Waals surface area contributed by atoms with Crippen molar-refractivity contribution in [1.82, 2.24) is 4.57 Å². The maximum absolute atomic E-state index is 2.76. The smallest absolute Gasteiger partial charge is 0.333 e. The Morgan fingerprint density at radius 3 is 1.56 bits per heavy atom. The zero-order valence-corrected chi connectivity index (χ0v) is 52.2. The van der Waals surface area contributed by atoms with E-state index in [9.17, 15) is 0 Å². The van der Waals surface area contributed by atoms with Gasteiger partial charge in [-0.2, -0.15) is 0 Å². The summed E-state index contributed by atoms with van der Waals surface area (Å²) in [6, 6.07) is 64.8. The van der Waals surface area contributed by atoms with Gasteiger partial charge in [0.15, 0.2) is 0 Å². The molecule has 0 saturated heterocycles. The van der Waals surface area contributed by atoms with Crippen molar-refractivity contribution in [3.05, 3.63) is 203 Å². The zero-order chi connectivity index (χ0) is 57.7. The fraction of sp³-hybridized carbons (Fsp3) is 0.299. The highest BCUT2D eigenvalue weighted by Crippen LogP contribution is 2.60. The molecule has 11 aromatic rings. The Hall–Kier alpha value is -7.34. The summed E-state index contributed by atoms with van der Waals surface area (Å²) in [5.41, 5.74) is 27.3. The number of benzene rings is 9. The highest BCUT2D eigenvalue weighted by Gasteiger charge is 2.50. The second-order valence-corrected chi connectivity index (χ2v) is 31.0. The van der Waals surface area contributed by atoms with Gasteiger partial charge in [0.2, 0.25) is 0 Å². The molecule has 82 heavy (non-hydrogen) atoms. The highest BCUT2D eigenvalue weighted by molar-refractivity contribution is 7.25. The van der Waals surface area contributed by atoms with E-state index >= 15 is 0 Å². The first-order chi connectivity index (χ1) is 38.6. The summed E-state index contributed by atoms with van der Waals surface area (Å²) in [5.74, 6) is 0. The van der Waals surface area contributed by atoms with E-state index in [1.165, 1.54) is 131 Å². The van der Waals surface area contributed by atoms with Crippen LogP contribution in [0.25, 0.3) is 69.9 Å². The first-order valence-corrected chi connectivity index (χ1v) is 30.8.